The van der Waals surface area contributed by atoms with Crippen LogP contribution in [-0.4, -0.2) is 41.1 Å². The Labute approximate surface area is 120 Å². The van der Waals surface area contributed by atoms with E-state index in [4.69, 9.17) is 0 Å². The SMILES string of the molecule is Cc1ccc(NC(=O)CN2CC(O)(C(C)C)C2)cc1C. The van der Waals surface area contributed by atoms with Gasteiger partial charge in [-0.3, -0.25) is 9.69 Å². The largest absolute Gasteiger partial charge is 0.387 e. The van der Waals surface area contributed by atoms with Crippen molar-refractivity contribution in [3.05, 3.63) is 29.3 Å². The molecule has 0 aliphatic carbocycles. The van der Waals surface area contributed by atoms with E-state index in [2.05, 4.69) is 5.32 Å². The third-order valence-corrected chi connectivity index (χ3v) is 4.23. The molecule has 1 amide bonds. The monoisotopic (exact) mass is 276 g/mol. The lowest BCUT2D eigenvalue weighted by Gasteiger charge is -2.48. The highest BCUT2D eigenvalue weighted by Crippen LogP contribution is 2.28. The molecule has 1 aliphatic heterocycles. The molecule has 0 saturated carbocycles. The Morgan fingerprint density at radius 1 is 1.35 bits per heavy atom. The van der Waals surface area contributed by atoms with Gasteiger partial charge in [0.2, 0.25) is 5.91 Å². The standard InChI is InChI=1S/C16H24N2O2/c1-11(2)16(20)9-18(10-16)8-15(19)17-14-6-5-12(3)13(4)7-14/h5-7,11,20H,8-10H2,1-4H3,(H,17,19). The van der Waals surface area contributed by atoms with Gasteiger partial charge >= 0.3 is 0 Å². The van der Waals surface area contributed by atoms with Gasteiger partial charge < -0.3 is 10.4 Å². The first kappa shape index (κ1) is 15.0. The Morgan fingerprint density at radius 3 is 2.55 bits per heavy atom. The summed E-state index contributed by atoms with van der Waals surface area (Å²) in [5.74, 6) is 0.195. The normalized spacial score (nSPS) is 17.9. The highest BCUT2D eigenvalue weighted by Gasteiger charge is 2.43. The van der Waals surface area contributed by atoms with Crippen LogP contribution in [-0.2, 0) is 4.79 Å². The second-order valence-corrected chi connectivity index (χ2v) is 6.25. The van der Waals surface area contributed by atoms with Crippen LogP contribution in [0, 0.1) is 19.8 Å². The molecular weight excluding hydrogens is 252 g/mol. The minimum absolute atomic E-state index is 0.0286. The summed E-state index contributed by atoms with van der Waals surface area (Å²) in [6, 6.07) is 5.90. The van der Waals surface area contributed by atoms with Gasteiger partial charge in [0, 0.05) is 18.8 Å². The summed E-state index contributed by atoms with van der Waals surface area (Å²) in [6.07, 6.45) is 0. The van der Waals surface area contributed by atoms with E-state index in [1.54, 1.807) is 0 Å². The van der Waals surface area contributed by atoms with Crippen molar-refractivity contribution < 1.29 is 9.90 Å². The molecule has 0 aromatic heterocycles. The summed E-state index contributed by atoms with van der Waals surface area (Å²) in [5.41, 5.74) is 2.59. The van der Waals surface area contributed by atoms with Gasteiger partial charge in [0.15, 0.2) is 0 Å². The lowest BCUT2D eigenvalue weighted by Crippen LogP contribution is -2.65. The van der Waals surface area contributed by atoms with Crippen LogP contribution in [0.15, 0.2) is 18.2 Å². The second-order valence-electron chi connectivity index (χ2n) is 6.25. The van der Waals surface area contributed by atoms with Crippen molar-refractivity contribution in [2.24, 2.45) is 5.92 Å². The number of carbonyl (C=O) groups excluding carboxylic acids is 1. The minimum Gasteiger partial charge on any atom is -0.387 e. The van der Waals surface area contributed by atoms with E-state index in [9.17, 15) is 9.90 Å². The molecular formula is C16H24N2O2. The third-order valence-electron chi connectivity index (χ3n) is 4.23. The number of aliphatic hydroxyl groups is 1. The smallest absolute Gasteiger partial charge is 0.238 e. The molecule has 1 saturated heterocycles. The molecule has 1 aliphatic rings. The number of benzene rings is 1. The molecule has 0 bridgehead atoms. The molecule has 0 unspecified atom stereocenters. The van der Waals surface area contributed by atoms with Crippen LogP contribution < -0.4 is 5.32 Å². The van der Waals surface area contributed by atoms with E-state index in [1.165, 1.54) is 11.1 Å². The van der Waals surface area contributed by atoms with Crippen LogP contribution in [0.5, 0.6) is 0 Å². The quantitative estimate of drug-likeness (QED) is 0.883. The number of nitrogens with one attached hydrogen (secondary N) is 1. The van der Waals surface area contributed by atoms with Gasteiger partial charge in [-0.1, -0.05) is 19.9 Å². The fourth-order valence-corrected chi connectivity index (χ4v) is 2.43. The minimum atomic E-state index is -0.624. The fraction of sp³-hybridized carbons (Fsp3) is 0.562. The van der Waals surface area contributed by atoms with Crippen molar-refractivity contribution in [1.82, 2.24) is 4.90 Å². The maximum absolute atomic E-state index is 12.0. The summed E-state index contributed by atoms with van der Waals surface area (Å²) in [5, 5.41) is 13.1. The Bertz CT molecular complexity index is 505. The van der Waals surface area contributed by atoms with E-state index >= 15 is 0 Å². The number of carbonyl (C=O) groups is 1. The summed E-state index contributed by atoms with van der Waals surface area (Å²) in [4.78, 5) is 13.9. The number of nitrogens with zero attached hydrogens (tertiary/aromatic N) is 1. The third kappa shape index (κ3) is 3.19. The van der Waals surface area contributed by atoms with Gasteiger partial charge in [-0.2, -0.15) is 0 Å². The number of hydrogen-bond donors (Lipinski definition) is 2. The summed E-state index contributed by atoms with van der Waals surface area (Å²) >= 11 is 0. The van der Waals surface area contributed by atoms with Gasteiger partial charge in [0.25, 0.3) is 0 Å². The summed E-state index contributed by atoms with van der Waals surface area (Å²) < 4.78 is 0. The molecule has 1 heterocycles. The zero-order valence-electron chi connectivity index (χ0n) is 12.7. The zero-order valence-corrected chi connectivity index (χ0v) is 12.7. The van der Waals surface area contributed by atoms with Crippen molar-refractivity contribution in [2.75, 3.05) is 25.0 Å². The highest BCUT2D eigenvalue weighted by atomic mass is 16.3. The molecule has 0 spiro atoms. The Kier molecular flexibility index (Phi) is 4.16. The highest BCUT2D eigenvalue weighted by molar-refractivity contribution is 5.92. The van der Waals surface area contributed by atoms with E-state index in [0.29, 0.717) is 19.6 Å². The molecule has 4 nitrogen and oxygen atoms in total. The number of anilines is 1. The lowest BCUT2D eigenvalue weighted by molar-refractivity contribution is -0.139. The molecule has 20 heavy (non-hydrogen) atoms. The van der Waals surface area contributed by atoms with E-state index in [-0.39, 0.29) is 11.8 Å². The number of likely N-dealkylation sites (tertiary alicyclic amines) is 1. The van der Waals surface area contributed by atoms with E-state index in [0.717, 1.165) is 5.69 Å². The topological polar surface area (TPSA) is 52.6 Å². The van der Waals surface area contributed by atoms with Crippen LogP contribution >= 0.6 is 0 Å². The van der Waals surface area contributed by atoms with Crippen molar-refractivity contribution in [2.45, 2.75) is 33.3 Å². The van der Waals surface area contributed by atoms with Crippen molar-refractivity contribution in [3.8, 4) is 0 Å². The van der Waals surface area contributed by atoms with Gasteiger partial charge in [-0.25, -0.2) is 0 Å². The van der Waals surface area contributed by atoms with Crippen LogP contribution in [0.1, 0.15) is 25.0 Å². The molecule has 1 aromatic carbocycles. The molecule has 1 aromatic rings. The van der Waals surface area contributed by atoms with Gasteiger partial charge in [0.1, 0.15) is 0 Å². The summed E-state index contributed by atoms with van der Waals surface area (Å²) in [6.45, 7) is 9.58. The molecule has 4 heteroatoms. The Morgan fingerprint density at radius 2 is 2.00 bits per heavy atom. The number of amides is 1. The first-order valence-corrected chi connectivity index (χ1v) is 7.12. The average Bonchev–Trinajstić information content (AvgIpc) is 2.31. The Hall–Kier alpha value is -1.39. The van der Waals surface area contributed by atoms with Crippen LogP contribution in [0.3, 0.4) is 0 Å². The zero-order chi connectivity index (χ0) is 14.9. The molecule has 1 fully saturated rings. The number of aryl methyl sites for hydroxylation is 2. The van der Waals surface area contributed by atoms with Gasteiger partial charge in [-0.05, 0) is 43.0 Å². The average molecular weight is 276 g/mol. The second kappa shape index (κ2) is 5.54. The first-order valence-electron chi connectivity index (χ1n) is 7.12. The van der Waals surface area contributed by atoms with Crippen molar-refractivity contribution >= 4 is 11.6 Å². The maximum Gasteiger partial charge on any atom is 0.238 e. The first-order chi connectivity index (χ1) is 9.30. The van der Waals surface area contributed by atoms with Crippen LogP contribution in [0.2, 0.25) is 0 Å². The van der Waals surface area contributed by atoms with E-state index < -0.39 is 5.60 Å². The lowest BCUT2D eigenvalue weighted by atomic mass is 9.83. The van der Waals surface area contributed by atoms with Gasteiger partial charge in [0.05, 0.1) is 12.1 Å². The number of rotatable bonds is 4. The van der Waals surface area contributed by atoms with Crippen LogP contribution in [0.4, 0.5) is 5.69 Å². The van der Waals surface area contributed by atoms with Crippen molar-refractivity contribution in [3.63, 3.8) is 0 Å². The van der Waals surface area contributed by atoms with E-state index in [1.807, 2.05) is 50.8 Å². The molecule has 2 N–H and O–H groups in total. The molecule has 2 rings (SSSR count). The molecule has 0 radical (unpaired) electrons. The Balaban J connectivity index is 1.84. The predicted octanol–water partition coefficient (Wildman–Crippen LogP) is 1.94. The molecule has 110 valence electrons. The van der Waals surface area contributed by atoms with Crippen LogP contribution in [0.25, 0.3) is 0 Å². The van der Waals surface area contributed by atoms with Gasteiger partial charge in [-0.15, -0.1) is 0 Å². The predicted molar refractivity (Wildman–Crippen MR) is 80.8 cm³/mol. The molecule has 0 atom stereocenters. The summed E-state index contributed by atoms with van der Waals surface area (Å²) in [7, 11) is 0. The number of hydrogen-bond acceptors (Lipinski definition) is 3. The van der Waals surface area contributed by atoms with Crippen molar-refractivity contribution in [1.29, 1.82) is 0 Å². The number of β-amino-alcohol motifs (C(OH)–C–C–N with tert-alkyl or cyclic N) is 1. The maximum atomic E-state index is 12.0. The fourth-order valence-electron chi connectivity index (χ4n) is 2.43.